The molecule has 1 unspecified atom stereocenters. The average molecular weight is 341 g/mol. The van der Waals surface area contributed by atoms with Crippen molar-refractivity contribution in [1.82, 2.24) is 0 Å². The molecule has 1 heterocycles. The van der Waals surface area contributed by atoms with Crippen LogP contribution in [0.1, 0.15) is 29.0 Å². The Bertz CT molecular complexity index is 551. The molecule has 0 fully saturated rings. The zero-order valence-electron chi connectivity index (χ0n) is 11.0. The van der Waals surface area contributed by atoms with E-state index in [9.17, 15) is 5.11 Å². The minimum atomic E-state index is -0.435. The first-order chi connectivity index (χ1) is 9.15. The van der Waals surface area contributed by atoms with Crippen LogP contribution < -0.4 is 4.74 Å². The summed E-state index contributed by atoms with van der Waals surface area (Å²) < 4.78 is 6.12. The van der Waals surface area contributed by atoms with Gasteiger partial charge < -0.3 is 9.84 Å². The lowest BCUT2D eigenvalue weighted by molar-refractivity contribution is 0.181. The Hall–Kier alpha value is -0.840. The smallest absolute Gasteiger partial charge is 0.133 e. The molecule has 0 aliphatic carbocycles. The molecule has 102 valence electrons. The van der Waals surface area contributed by atoms with Crippen LogP contribution in [-0.4, -0.2) is 12.2 Å². The molecule has 0 aliphatic rings. The van der Waals surface area contributed by atoms with E-state index in [0.29, 0.717) is 6.42 Å². The van der Waals surface area contributed by atoms with E-state index in [1.165, 1.54) is 5.56 Å². The van der Waals surface area contributed by atoms with Gasteiger partial charge in [-0.25, -0.2) is 0 Å². The Morgan fingerprint density at radius 3 is 2.79 bits per heavy atom. The van der Waals surface area contributed by atoms with Crippen LogP contribution in [0.5, 0.6) is 5.75 Å². The molecule has 19 heavy (non-hydrogen) atoms. The maximum Gasteiger partial charge on any atom is 0.133 e. The number of ether oxygens (including phenoxy) is 1. The van der Waals surface area contributed by atoms with E-state index in [1.54, 1.807) is 18.4 Å². The van der Waals surface area contributed by atoms with Gasteiger partial charge in [-0.3, -0.25) is 0 Å². The van der Waals surface area contributed by atoms with Crippen molar-refractivity contribution >= 4 is 27.3 Å². The van der Waals surface area contributed by atoms with Gasteiger partial charge in [0, 0.05) is 11.3 Å². The van der Waals surface area contributed by atoms with Gasteiger partial charge in [-0.05, 0) is 57.1 Å². The first kappa shape index (κ1) is 14.6. The molecule has 1 aromatic carbocycles. The van der Waals surface area contributed by atoms with Gasteiger partial charge in [0.15, 0.2) is 0 Å². The zero-order chi connectivity index (χ0) is 13.8. The summed E-state index contributed by atoms with van der Waals surface area (Å²) in [6, 6.07) is 8.00. The first-order valence-corrected chi connectivity index (χ1v) is 7.89. The molecule has 1 atom stereocenters. The van der Waals surface area contributed by atoms with Crippen LogP contribution in [0.4, 0.5) is 0 Å². The monoisotopic (exact) mass is 340 g/mol. The predicted octanol–water partition coefficient (Wildman–Crippen LogP) is 4.36. The molecule has 2 aromatic rings. The molecule has 1 N–H and O–H groups in total. The highest BCUT2D eigenvalue weighted by molar-refractivity contribution is 9.10. The third-order valence-electron chi connectivity index (χ3n) is 3.11. The van der Waals surface area contributed by atoms with Crippen molar-refractivity contribution < 1.29 is 9.84 Å². The summed E-state index contributed by atoms with van der Waals surface area (Å²) in [4.78, 5) is 1.08. The summed E-state index contributed by atoms with van der Waals surface area (Å²) in [5.74, 6) is 0.809. The van der Waals surface area contributed by atoms with E-state index >= 15 is 0 Å². The van der Waals surface area contributed by atoms with Crippen molar-refractivity contribution in [3.8, 4) is 5.75 Å². The molecule has 2 rings (SSSR count). The average Bonchev–Trinajstić information content (AvgIpc) is 2.87. The Balaban J connectivity index is 2.15. The topological polar surface area (TPSA) is 29.5 Å². The van der Waals surface area contributed by atoms with E-state index in [1.807, 2.05) is 23.6 Å². The lowest BCUT2D eigenvalue weighted by Crippen LogP contribution is -2.02. The number of thiophene rings is 1. The van der Waals surface area contributed by atoms with E-state index in [-0.39, 0.29) is 0 Å². The van der Waals surface area contributed by atoms with Gasteiger partial charge in [0.1, 0.15) is 5.75 Å². The number of methoxy groups -OCH3 is 1. The van der Waals surface area contributed by atoms with Crippen molar-refractivity contribution in [2.45, 2.75) is 25.9 Å². The number of aliphatic hydroxyl groups is 1. The van der Waals surface area contributed by atoms with E-state index in [0.717, 1.165) is 27.1 Å². The Kier molecular flexibility index (Phi) is 5.02. The number of aliphatic hydroxyl groups excluding tert-OH is 1. The van der Waals surface area contributed by atoms with Gasteiger partial charge in [0.05, 0.1) is 17.7 Å². The highest BCUT2D eigenvalue weighted by Crippen LogP contribution is 2.30. The van der Waals surface area contributed by atoms with Crippen LogP contribution in [-0.2, 0) is 12.8 Å². The lowest BCUT2D eigenvalue weighted by atomic mass is 10.0. The van der Waals surface area contributed by atoms with Gasteiger partial charge in [-0.15, -0.1) is 11.3 Å². The number of aryl methyl sites for hydroxylation is 1. The van der Waals surface area contributed by atoms with Gasteiger partial charge >= 0.3 is 0 Å². The standard InChI is InChI=1S/C15H17BrO2S/c1-3-11-6-7-19-15(11)13(17)9-10-4-5-14(18-2)12(16)8-10/h4-8,13,17H,3,9H2,1-2H3. The first-order valence-electron chi connectivity index (χ1n) is 6.22. The summed E-state index contributed by atoms with van der Waals surface area (Å²) in [6.07, 6.45) is 1.15. The minimum Gasteiger partial charge on any atom is -0.496 e. The Morgan fingerprint density at radius 1 is 1.37 bits per heavy atom. The normalized spacial score (nSPS) is 12.4. The molecule has 0 radical (unpaired) electrons. The highest BCUT2D eigenvalue weighted by Gasteiger charge is 2.14. The van der Waals surface area contributed by atoms with Crippen molar-refractivity contribution in [3.63, 3.8) is 0 Å². The summed E-state index contributed by atoms with van der Waals surface area (Å²) >= 11 is 5.10. The van der Waals surface area contributed by atoms with Gasteiger partial charge in [0.2, 0.25) is 0 Å². The zero-order valence-corrected chi connectivity index (χ0v) is 13.4. The van der Waals surface area contributed by atoms with Gasteiger partial charge in [-0.2, -0.15) is 0 Å². The van der Waals surface area contributed by atoms with Gasteiger partial charge in [-0.1, -0.05) is 13.0 Å². The number of halogens is 1. The maximum atomic E-state index is 10.4. The molecule has 1 aromatic heterocycles. The van der Waals surface area contributed by atoms with Crippen LogP contribution in [0.25, 0.3) is 0 Å². The van der Waals surface area contributed by atoms with Crippen LogP contribution in [0.2, 0.25) is 0 Å². The lowest BCUT2D eigenvalue weighted by Gasteiger charge is -2.12. The fraction of sp³-hybridized carbons (Fsp3) is 0.333. The summed E-state index contributed by atoms with van der Waals surface area (Å²) in [7, 11) is 1.65. The second-order valence-electron chi connectivity index (χ2n) is 4.35. The van der Waals surface area contributed by atoms with Crippen molar-refractivity contribution in [1.29, 1.82) is 0 Å². The molecule has 0 bridgehead atoms. The number of benzene rings is 1. The molecular weight excluding hydrogens is 324 g/mol. The molecule has 0 aliphatic heterocycles. The fourth-order valence-corrected chi connectivity index (χ4v) is 3.66. The minimum absolute atomic E-state index is 0.435. The van der Waals surface area contributed by atoms with E-state index in [2.05, 4.69) is 28.9 Å². The quantitative estimate of drug-likeness (QED) is 0.876. The second-order valence-corrected chi connectivity index (χ2v) is 6.15. The van der Waals surface area contributed by atoms with Crippen LogP contribution in [0, 0.1) is 0 Å². The third kappa shape index (κ3) is 3.38. The molecule has 0 saturated heterocycles. The number of hydrogen-bond acceptors (Lipinski definition) is 3. The molecular formula is C15H17BrO2S. The van der Waals surface area contributed by atoms with Crippen molar-refractivity contribution in [2.24, 2.45) is 0 Å². The van der Waals surface area contributed by atoms with Gasteiger partial charge in [0.25, 0.3) is 0 Å². The molecule has 0 spiro atoms. The van der Waals surface area contributed by atoms with Crippen LogP contribution in [0.15, 0.2) is 34.1 Å². The SMILES string of the molecule is CCc1ccsc1C(O)Cc1ccc(OC)c(Br)c1. The third-order valence-corrected chi connectivity index (χ3v) is 4.79. The van der Waals surface area contributed by atoms with Crippen LogP contribution >= 0.6 is 27.3 Å². The number of hydrogen-bond donors (Lipinski definition) is 1. The summed E-state index contributed by atoms with van der Waals surface area (Å²) in [5.41, 5.74) is 2.33. The molecule has 0 amide bonds. The summed E-state index contributed by atoms with van der Waals surface area (Å²) in [6.45, 7) is 2.11. The van der Waals surface area contributed by atoms with Crippen LogP contribution in [0.3, 0.4) is 0 Å². The Labute approximate surface area is 126 Å². The fourth-order valence-electron chi connectivity index (χ4n) is 2.08. The highest BCUT2D eigenvalue weighted by atomic mass is 79.9. The van der Waals surface area contributed by atoms with Crippen molar-refractivity contribution in [2.75, 3.05) is 7.11 Å². The predicted molar refractivity (Wildman–Crippen MR) is 83.1 cm³/mol. The molecule has 0 saturated carbocycles. The largest absolute Gasteiger partial charge is 0.496 e. The van der Waals surface area contributed by atoms with E-state index in [4.69, 9.17) is 4.74 Å². The second kappa shape index (κ2) is 6.55. The van der Waals surface area contributed by atoms with Crippen molar-refractivity contribution in [3.05, 3.63) is 50.1 Å². The molecule has 4 heteroatoms. The molecule has 2 nitrogen and oxygen atoms in total. The Morgan fingerprint density at radius 2 is 2.16 bits per heavy atom. The van der Waals surface area contributed by atoms with E-state index < -0.39 is 6.10 Å². The summed E-state index contributed by atoms with van der Waals surface area (Å²) in [5, 5.41) is 12.4. The maximum absolute atomic E-state index is 10.4. The number of rotatable bonds is 5.